The van der Waals surface area contributed by atoms with Crippen LogP contribution in [0.4, 0.5) is 13.2 Å². The van der Waals surface area contributed by atoms with Crippen LogP contribution >= 0.6 is 23.6 Å². The molecule has 0 atom stereocenters. The van der Waals surface area contributed by atoms with E-state index in [-0.39, 0.29) is 5.56 Å². The maximum absolute atomic E-state index is 12.8. The van der Waals surface area contributed by atoms with Crippen LogP contribution in [0.5, 0.6) is 0 Å². The molecule has 0 saturated heterocycles. The van der Waals surface area contributed by atoms with E-state index in [4.69, 9.17) is 12.2 Å². The number of nitrogens with one attached hydrogen (secondary N) is 1. The van der Waals surface area contributed by atoms with Crippen LogP contribution in [0.15, 0.2) is 24.3 Å². The summed E-state index contributed by atoms with van der Waals surface area (Å²) < 4.78 is 39.0. The first-order chi connectivity index (χ1) is 7.89. The van der Waals surface area contributed by atoms with Gasteiger partial charge in [-0.2, -0.15) is 13.2 Å². The molecule has 0 fully saturated rings. The van der Waals surface area contributed by atoms with Gasteiger partial charge in [0.05, 0.1) is 10.4 Å². The number of rotatable bonds is 1. The fraction of sp³-hybridized carbons (Fsp3) is 0.182. The molecule has 1 aromatic carbocycles. The van der Waals surface area contributed by atoms with Crippen molar-refractivity contribution in [3.05, 3.63) is 39.5 Å². The maximum Gasteiger partial charge on any atom is 0.417 e. The van der Waals surface area contributed by atoms with Gasteiger partial charge < -0.3 is 4.98 Å². The van der Waals surface area contributed by atoms with E-state index in [9.17, 15) is 13.2 Å². The van der Waals surface area contributed by atoms with Crippen molar-refractivity contribution in [2.75, 3.05) is 0 Å². The number of benzene rings is 1. The molecule has 2 aromatic rings. The minimum absolute atomic E-state index is 0.176. The number of aromatic amines is 1. The second-order valence-electron chi connectivity index (χ2n) is 3.51. The Balaban J connectivity index is 2.68. The summed E-state index contributed by atoms with van der Waals surface area (Å²) in [5.74, 6) is 0. The number of thiazole rings is 1. The van der Waals surface area contributed by atoms with E-state index in [2.05, 4.69) is 4.98 Å². The van der Waals surface area contributed by atoms with Crippen LogP contribution in [0.25, 0.3) is 10.4 Å². The smallest absolute Gasteiger partial charge is 0.341 e. The molecule has 0 bridgehead atoms. The predicted molar refractivity (Wildman–Crippen MR) is 64.7 cm³/mol. The zero-order chi connectivity index (χ0) is 12.6. The van der Waals surface area contributed by atoms with Crippen LogP contribution in [0.3, 0.4) is 0 Å². The molecule has 1 aromatic heterocycles. The second kappa shape index (κ2) is 4.27. The lowest BCUT2D eigenvalue weighted by Crippen LogP contribution is -2.06. The Hall–Kier alpha value is -1.14. The van der Waals surface area contributed by atoms with Crippen LogP contribution in [-0.4, -0.2) is 4.98 Å². The van der Waals surface area contributed by atoms with E-state index < -0.39 is 11.7 Å². The van der Waals surface area contributed by atoms with Crippen molar-refractivity contribution in [3.8, 4) is 10.4 Å². The highest BCUT2D eigenvalue weighted by atomic mass is 32.1. The number of aryl methyl sites for hydroxylation is 1. The predicted octanol–water partition coefficient (Wildman–Crippen LogP) is 4.80. The average molecular weight is 275 g/mol. The number of alkyl halides is 3. The van der Waals surface area contributed by atoms with Gasteiger partial charge in [0.2, 0.25) is 0 Å². The van der Waals surface area contributed by atoms with Crippen molar-refractivity contribution >= 4 is 23.6 Å². The summed E-state index contributed by atoms with van der Waals surface area (Å²) in [4.78, 5) is 3.40. The Kier molecular flexibility index (Phi) is 3.09. The minimum atomic E-state index is -4.35. The first-order valence-corrected chi connectivity index (χ1v) is 5.98. The van der Waals surface area contributed by atoms with Gasteiger partial charge in [-0.25, -0.2) is 0 Å². The van der Waals surface area contributed by atoms with Gasteiger partial charge in [0.25, 0.3) is 0 Å². The molecular formula is C11H8F3NS2. The molecule has 0 aliphatic rings. The van der Waals surface area contributed by atoms with Crippen LogP contribution in [-0.2, 0) is 6.18 Å². The molecule has 17 heavy (non-hydrogen) atoms. The molecule has 90 valence electrons. The molecule has 0 unspecified atom stereocenters. The standard InChI is InChI=1S/C11H8F3NS2/c1-6-9(17-10(16)15-6)7-4-2-3-5-8(7)11(12,13)14/h2-5H,1H3,(H,15,16). The zero-order valence-electron chi connectivity index (χ0n) is 8.76. The SMILES string of the molecule is Cc1[nH]c(=S)sc1-c1ccccc1C(F)(F)F. The largest absolute Gasteiger partial charge is 0.417 e. The molecule has 0 aliphatic carbocycles. The van der Waals surface area contributed by atoms with E-state index in [1.54, 1.807) is 13.0 Å². The van der Waals surface area contributed by atoms with E-state index in [1.807, 2.05) is 0 Å². The van der Waals surface area contributed by atoms with Gasteiger partial charge in [0.1, 0.15) is 0 Å². The van der Waals surface area contributed by atoms with Crippen LogP contribution in [0.1, 0.15) is 11.3 Å². The summed E-state index contributed by atoms with van der Waals surface area (Å²) in [6.07, 6.45) is -4.35. The molecule has 1 nitrogen and oxygen atoms in total. The summed E-state index contributed by atoms with van der Waals surface area (Å²) in [7, 11) is 0. The molecule has 1 N–H and O–H groups in total. The number of hydrogen-bond donors (Lipinski definition) is 1. The van der Waals surface area contributed by atoms with E-state index in [0.29, 0.717) is 14.5 Å². The third kappa shape index (κ3) is 2.42. The third-order valence-corrected chi connectivity index (χ3v) is 3.67. The second-order valence-corrected chi connectivity index (χ2v) is 5.20. The van der Waals surface area contributed by atoms with Gasteiger partial charge in [0, 0.05) is 11.3 Å². The summed E-state index contributed by atoms with van der Waals surface area (Å²) in [6.45, 7) is 1.72. The normalized spacial score (nSPS) is 11.8. The molecule has 2 rings (SSSR count). The van der Waals surface area contributed by atoms with Crippen LogP contribution in [0, 0.1) is 10.9 Å². The summed E-state index contributed by atoms with van der Waals surface area (Å²) in [5, 5.41) is 0. The Morgan fingerprint density at radius 2 is 1.88 bits per heavy atom. The Morgan fingerprint density at radius 1 is 1.24 bits per heavy atom. The molecule has 1 heterocycles. The number of hydrogen-bond acceptors (Lipinski definition) is 2. The van der Waals surface area contributed by atoms with E-state index in [0.717, 1.165) is 17.4 Å². The average Bonchev–Trinajstić information content (AvgIpc) is 2.56. The van der Waals surface area contributed by atoms with E-state index >= 15 is 0 Å². The van der Waals surface area contributed by atoms with Crippen molar-refractivity contribution in [2.45, 2.75) is 13.1 Å². The highest BCUT2D eigenvalue weighted by molar-refractivity contribution is 7.73. The number of aromatic nitrogens is 1. The third-order valence-electron chi connectivity index (χ3n) is 2.30. The molecule has 0 amide bonds. The molecule has 0 saturated carbocycles. The highest BCUT2D eigenvalue weighted by Gasteiger charge is 2.33. The first kappa shape index (κ1) is 12.3. The molecule has 0 aliphatic heterocycles. The fourth-order valence-corrected chi connectivity index (χ4v) is 2.87. The molecule has 0 spiro atoms. The number of H-pyrrole nitrogens is 1. The topological polar surface area (TPSA) is 15.8 Å². The van der Waals surface area contributed by atoms with Crippen molar-refractivity contribution < 1.29 is 13.2 Å². The Morgan fingerprint density at radius 3 is 2.41 bits per heavy atom. The molecule has 6 heteroatoms. The van der Waals surface area contributed by atoms with Gasteiger partial charge >= 0.3 is 6.18 Å². The lowest BCUT2D eigenvalue weighted by molar-refractivity contribution is -0.137. The first-order valence-electron chi connectivity index (χ1n) is 4.76. The van der Waals surface area contributed by atoms with Crippen molar-refractivity contribution in [3.63, 3.8) is 0 Å². The van der Waals surface area contributed by atoms with E-state index in [1.165, 1.54) is 12.1 Å². The minimum Gasteiger partial charge on any atom is -0.341 e. The Bertz CT molecular complexity index is 595. The van der Waals surface area contributed by atoms with Crippen LogP contribution < -0.4 is 0 Å². The lowest BCUT2D eigenvalue weighted by Gasteiger charge is -2.11. The molecule has 0 radical (unpaired) electrons. The Labute approximate surface area is 105 Å². The highest BCUT2D eigenvalue weighted by Crippen LogP contribution is 2.39. The zero-order valence-corrected chi connectivity index (χ0v) is 10.4. The quantitative estimate of drug-likeness (QED) is 0.739. The van der Waals surface area contributed by atoms with Crippen molar-refractivity contribution in [2.24, 2.45) is 0 Å². The van der Waals surface area contributed by atoms with Gasteiger partial charge in [-0.1, -0.05) is 18.2 Å². The summed E-state index contributed by atoms with van der Waals surface area (Å²) in [6, 6.07) is 5.52. The van der Waals surface area contributed by atoms with Gasteiger partial charge in [-0.05, 0) is 25.2 Å². The van der Waals surface area contributed by atoms with Gasteiger partial charge in [0.15, 0.2) is 3.95 Å². The summed E-state index contributed by atoms with van der Waals surface area (Å²) >= 11 is 6.10. The molecular weight excluding hydrogens is 267 g/mol. The lowest BCUT2D eigenvalue weighted by atomic mass is 10.0. The fourth-order valence-electron chi connectivity index (χ4n) is 1.59. The van der Waals surface area contributed by atoms with Gasteiger partial charge in [-0.15, -0.1) is 11.3 Å². The maximum atomic E-state index is 12.8. The van der Waals surface area contributed by atoms with Crippen molar-refractivity contribution in [1.29, 1.82) is 0 Å². The van der Waals surface area contributed by atoms with Crippen LogP contribution in [0.2, 0.25) is 0 Å². The number of halogens is 3. The van der Waals surface area contributed by atoms with Gasteiger partial charge in [-0.3, -0.25) is 0 Å². The van der Waals surface area contributed by atoms with Crippen molar-refractivity contribution in [1.82, 2.24) is 4.98 Å². The summed E-state index contributed by atoms with van der Waals surface area (Å²) in [5.41, 5.74) is 0.208. The monoisotopic (exact) mass is 275 g/mol.